The van der Waals surface area contributed by atoms with Crippen molar-refractivity contribution in [2.24, 2.45) is 0 Å². The number of nitrogens with one attached hydrogen (secondary N) is 1. The normalized spacial score (nSPS) is 20.5. The molecule has 1 N–H and O–H groups in total. The molecule has 1 atom stereocenters. The highest BCUT2D eigenvalue weighted by Crippen LogP contribution is 2.07. The van der Waals surface area contributed by atoms with E-state index >= 15 is 0 Å². The van der Waals surface area contributed by atoms with Crippen molar-refractivity contribution in [2.75, 3.05) is 79.2 Å². The van der Waals surface area contributed by atoms with Crippen LogP contribution in [0.1, 0.15) is 27.7 Å². The van der Waals surface area contributed by atoms with Gasteiger partial charge in [0.1, 0.15) is 11.6 Å². The summed E-state index contributed by atoms with van der Waals surface area (Å²) in [6.45, 7) is 12.1. The first-order valence-electron chi connectivity index (χ1n) is 10.5. The molecule has 0 aliphatic carbocycles. The maximum atomic E-state index is 12.8. The van der Waals surface area contributed by atoms with Gasteiger partial charge in [-0.05, 0) is 27.7 Å². The van der Waals surface area contributed by atoms with Crippen LogP contribution >= 0.6 is 0 Å². The number of carbonyl (C=O) groups is 2. The average Bonchev–Trinajstić information content (AvgIpc) is 2.65. The second-order valence-electron chi connectivity index (χ2n) is 7.76. The molecule has 0 bridgehead atoms. The zero-order valence-corrected chi connectivity index (χ0v) is 18.8. The van der Waals surface area contributed by atoms with E-state index in [1.54, 1.807) is 32.6 Å². The third-order valence-electron chi connectivity index (χ3n) is 3.91. The van der Waals surface area contributed by atoms with E-state index in [1.807, 2.05) is 0 Å². The smallest absolute Gasteiger partial charge is 0.408 e. The van der Waals surface area contributed by atoms with Crippen molar-refractivity contribution >= 4 is 12.0 Å². The van der Waals surface area contributed by atoms with Gasteiger partial charge in [0.2, 0.25) is 5.91 Å². The maximum Gasteiger partial charge on any atom is 0.408 e. The summed E-state index contributed by atoms with van der Waals surface area (Å²) in [6.07, 6.45) is -0.629. The third-order valence-corrected chi connectivity index (χ3v) is 3.91. The second kappa shape index (κ2) is 15.4. The quantitative estimate of drug-likeness (QED) is 0.681. The summed E-state index contributed by atoms with van der Waals surface area (Å²) >= 11 is 0. The van der Waals surface area contributed by atoms with Gasteiger partial charge in [-0.2, -0.15) is 0 Å². The molecule has 0 aromatic heterocycles. The minimum absolute atomic E-state index is 0.230. The first-order valence-corrected chi connectivity index (χ1v) is 10.5. The lowest BCUT2D eigenvalue weighted by molar-refractivity contribution is -0.134. The Morgan fingerprint density at radius 2 is 1.13 bits per heavy atom. The fourth-order valence-corrected chi connectivity index (χ4v) is 2.48. The molecule has 1 aliphatic rings. The van der Waals surface area contributed by atoms with Gasteiger partial charge in [0.25, 0.3) is 0 Å². The van der Waals surface area contributed by atoms with Gasteiger partial charge in [0.05, 0.1) is 66.1 Å². The summed E-state index contributed by atoms with van der Waals surface area (Å²) < 4.78 is 32.6. The standard InChI is InChI=1S/C20H38N2O8/c1-17(21-19(24)30-20(2,3)4)18(23)22-5-7-25-9-11-27-13-15-29-16-14-28-12-10-26-8-6-22/h17H,5-16H2,1-4H3,(H,21,24)/t17-/m0/s1. The van der Waals surface area contributed by atoms with Crippen molar-refractivity contribution < 1.29 is 38.0 Å². The molecule has 2 amide bonds. The summed E-state index contributed by atoms with van der Waals surface area (Å²) in [5, 5.41) is 2.58. The number of carbonyl (C=O) groups excluding carboxylic acids is 2. The lowest BCUT2D eigenvalue weighted by atomic mass is 10.2. The van der Waals surface area contributed by atoms with E-state index in [-0.39, 0.29) is 5.91 Å². The van der Waals surface area contributed by atoms with Gasteiger partial charge in [-0.25, -0.2) is 4.79 Å². The SMILES string of the molecule is C[C@H](NC(=O)OC(C)(C)C)C(=O)N1CCOCCOCCOCCOCCOCC1. The van der Waals surface area contributed by atoms with Crippen LogP contribution < -0.4 is 5.32 Å². The van der Waals surface area contributed by atoms with Crippen LogP contribution in [0.15, 0.2) is 0 Å². The Kier molecular flexibility index (Phi) is 13.6. The van der Waals surface area contributed by atoms with Gasteiger partial charge in [-0.15, -0.1) is 0 Å². The van der Waals surface area contributed by atoms with Gasteiger partial charge >= 0.3 is 6.09 Å². The van der Waals surface area contributed by atoms with E-state index in [0.29, 0.717) is 79.2 Å². The molecule has 1 rings (SSSR count). The largest absolute Gasteiger partial charge is 0.444 e. The molecule has 10 nitrogen and oxygen atoms in total. The lowest BCUT2D eigenvalue weighted by Gasteiger charge is -2.27. The molecule has 0 unspecified atom stereocenters. The van der Waals surface area contributed by atoms with Crippen LogP contribution in [0, 0.1) is 0 Å². The van der Waals surface area contributed by atoms with Crippen LogP contribution in [0.25, 0.3) is 0 Å². The molecule has 176 valence electrons. The topological polar surface area (TPSA) is 105 Å². The lowest BCUT2D eigenvalue weighted by Crippen LogP contribution is -2.49. The number of nitrogens with zero attached hydrogens (tertiary/aromatic N) is 1. The van der Waals surface area contributed by atoms with Gasteiger partial charge in [-0.3, -0.25) is 4.79 Å². The molecular weight excluding hydrogens is 396 g/mol. The summed E-state index contributed by atoms with van der Waals surface area (Å²) in [5.74, 6) is -0.230. The van der Waals surface area contributed by atoms with E-state index < -0.39 is 17.7 Å². The fraction of sp³-hybridized carbons (Fsp3) is 0.900. The Labute approximate surface area is 179 Å². The first kappa shape index (κ1) is 26.6. The molecule has 30 heavy (non-hydrogen) atoms. The molecular formula is C20H38N2O8. The van der Waals surface area contributed by atoms with Crippen LogP contribution in [-0.2, 0) is 33.2 Å². The molecule has 0 aromatic carbocycles. The molecule has 0 aromatic rings. The predicted molar refractivity (Wildman–Crippen MR) is 110 cm³/mol. The molecule has 1 fully saturated rings. The highest BCUT2D eigenvalue weighted by molar-refractivity contribution is 5.85. The van der Waals surface area contributed by atoms with Crippen LogP contribution in [0.5, 0.6) is 0 Å². The van der Waals surface area contributed by atoms with Gasteiger partial charge in [-0.1, -0.05) is 0 Å². The van der Waals surface area contributed by atoms with Crippen molar-refractivity contribution in [3.63, 3.8) is 0 Å². The van der Waals surface area contributed by atoms with E-state index in [9.17, 15) is 9.59 Å². The maximum absolute atomic E-state index is 12.8. The zero-order chi connectivity index (χ0) is 22.2. The van der Waals surface area contributed by atoms with Gasteiger partial charge in [0.15, 0.2) is 0 Å². The van der Waals surface area contributed by atoms with E-state index in [4.69, 9.17) is 28.4 Å². The second-order valence-corrected chi connectivity index (χ2v) is 7.76. The van der Waals surface area contributed by atoms with Crippen molar-refractivity contribution in [3.8, 4) is 0 Å². The highest BCUT2D eigenvalue weighted by atomic mass is 16.6. The Morgan fingerprint density at radius 3 is 1.50 bits per heavy atom. The van der Waals surface area contributed by atoms with Crippen LogP contribution in [0.3, 0.4) is 0 Å². The highest BCUT2D eigenvalue weighted by Gasteiger charge is 2.24. The number of amides is 2. The summed E-state index contributed by atoms with van der Waals surface area (Å²) in [5.41, 5.74) is -0.634. The summed E-state index contributed by atoms with van der Waals surface area (Å²) in [6, 6.07) is -0.732. The van der Waals surface area contributed by atoms with Crippen molar-refractivity contribution in [3.05, 3.63) is 0 Å². The van der Waals surface area contributed by atoms with Crippen molar-refractivity contribution in [1.82, 2.24) is 10.2 Å². The predicted octanol–water partition coefficient (Wildman–Crippen LogP) is 0.825. The summed E-state index contributed by atoms with van der Waals surface area (Å²) in [4.78, 5) is 26.4. The molecule has 10 heteroatoms. The van der Waals surface area contributed by atoms with Crippen LogP contribution in [0.4, 0.5) is 4.79 Å². The number of alkyl carbamates (subject to hydrolysis) is 1. The van der Waals surface area contributed by atoms with Gasteiger partial charge in [0, 0.05) is 13.1 Å². The average molecular weight is 435 g/mol. The molecule has 0 spiro atoms. The van der Waals surface area contributed by atoms with Crippen molar-refractivity contribution in [1.29, 1.82) is 0 Å². The van der Waals surface area contributed by atoms with E-state index in [0.717, 1.165) is 0 Å². The fourth-order valence-electron chi connectivity index (χ4n) is 2.48. The van der Waals surface area contributed by atoms with Crippen LogP contribution in [-0.4, -0.2) is 108 Å². The molecule has 1 heterocycles. The third kappa shape index (κ3) is 13.7. The van der Waals surface area contributed by atoms with Crippen molar-refractivity contribution in [2.45, 2.75) is 39.3 Å². The number of rotatable bonds is 2. The Morgan fingerprint density at radius 1 is 0.767 bits per heavy atom. The molecule has 0 saturated carbocycles. The molecule has 1 aliphatic heterocycles. The minimum Gasteiger partial charge on any atom is -0.444 e. The molecule has 0 radical (unpaired) electrons. The Bertz CT molecular complexity index is 466. The monoisotopic (exact) mass is 434 g/mol. The first-order chi connectivity index (χ1) is 14.3. The van der Waals surface area contributed by atoms with Gasteiger partial charge < -0.3 is 38.6 Å². The Hall–Kier alpha value is -1.46. The zero-order valence-electron chi connectivity index (χ0n) is 18.8. The summed E-state index contributed by atoms with van der Waals surface area (Å²) in [7, 11) is 0. The number of hydrogen-bond acceptors (Lipinski definition) is 8. The number of hydrogen-bond donors (Lipinski definition) is 1. The number of ether oxygens (including phenoxy) is 6. The Balaban J connectivity index is 2.52. The van der Waals surface area contributed by atoms with E-state index in [1.165, 1.54) is 0 Å². The van der Waals surface area contributed by atoms with E-state index in [2.05, 4.69) is 5.32 Å². The molecule has 1 saturated heterocycles. The minimum atomic E-state index is -0.732. The van der Waals surface area contributed by atoms with Crippen LogP contribution in [0.2, 0.25) is 0 Å².